The van der Waals surface area contributed by atoms with Gasteiger partial charge in [-0.3, -0.25) is 5.32 Å². The van der Waals surface area contributed by atoms with Crippen molar-refractivity contribution >= 4 is 0 Å². The highest BCUT2D eigenvalue weighted by molar-refractivity contribution is 5.12. The molecular formula is C15H30N2O2. The van der Waals surface area contributed by atoms with Crippen LogP contribution in [0.15, 0.2) is 24.3 Å². The molecule has 2 atom stereocenters. The zero-order valence-corrected chi connectivity index (χ0v) is 12.5. The lowest BCUT2D eigenvalue weighted by atomic mass is 9.98. The van der Waals surface area contributed by atoms with E-state index in [4.69, 9.17) is 5.73 Å². The van der Waals surface area contributed by atoms with Crippen LogP contribution in [0.4, 0.5) is 0 Å². The van der Waals surface area contributed by atoms with Crippen LogP contribution in [0.2, 0.25) is 0 Å². The molecular weight excluding hydrogens is 240 g/mol. The van der Waals surface area contributed by atoms with E-state index in [0.717, 1.165) is 18.4 Å². The molecule has 0 aromatic carbocycles. The first-order chi connectivity index (χ1) is 8.81. The summed E-state index contributed by atoms with van der Waals surface area (Å²) < 4.78 is 0. The van der Waals surface area contributed by atoms with Crippen molar-refractivity contribution in [3.05, 3.63) is 24.3 Å². The smallest absolute Gasteiger partial charge is 0.105 e. The zero-order valence-electron chi connectivity index (χ0n) is 12.5. The van der Waals surface area contributed by atoms with Crippen molar-refractivity contribution in [3.63, 3.8) is 0 Å². The van der Waals surface area contributed by atoms with Crippen molar-refractivity contribution in [1.29, 1.82) is 0 Å². The van der Waals surface area contributed by atoms with Crippen LogP contribution in [-0.2, 0) is 0 Å². The molecule has 2 unspecified atom stereocenters. The van der Waals surface area contributed by atoms with E-state index in [-0.39, 0.29) is 6.04 Å². The average Bonchev–Trinajstić information content (AvgIpc) is 2.33. The summed E-state index contributed by atoms with van der Waals surface area (Å²) in [5.41, 5.74) is 5.53. The lowest BCUT2D eigenvalue weighted by molar-refractivity contribution is 0.115. The normalized spacial score (nSPS) is 16.2. The minimum atomic E-state index is -0.800. The lowest BCUT2D eigenvalue weighted by Crippen LogP contribution is -2.37. The van der Waals surface area contributed by atoms with Gasteiger partial charge in [0.2, 0.25) is 0 Å². The molecule has 0 saturated heterocycles. The number of hydrogen-bond donors (Lipinski definition) is 4. The summed E-state index contributed by atoms with van der Waals surface area (Å²) in [6.45, 7) is 9.85. The van der Waals surface area contributed by atoms with E-state index >= 15 is 0 Å². The van der Waals surface area contributed by atoms with E-state index in [2.05, 4.69) is 11.9 Å². The Balaban J connectivity index is 4.18. The third-order valence-corrected chi connectivity index (χ3v) is 3.27. The van der Waals surface area contributed by atoms with Crippen molar-refractivity contribution in [2.24, 2.45) is 5.73 Å². The first-order valence-corrected chi connectivity index (χ1v) is 6.97. The van der Waals surface area contributed by atoms with E-state index in [9.17, 15) is 10.2 Å². The second-order valence-electron chi connectivity index (χ2n) is 5.49. The van der Waals surface area contributed by atoms with Gasteiger partial charge in [0.1, 0.15) is 6.23 Å². The molecule has 0 rings (SSSR count). The minimum absolute atomic E-state index is 0.00479. The molecule has 4 nitrogen and oxygen atoms in total. The molecule has 0 aromatic heterocycles. The van der Waals surface area contributed by atoms with Crippen LogP contribution >= 0.6 is 0 Å². The molecule has 0 aliphatic rings. The zero-order chi connectivity index (χ0) is 14.9. The highest BCUT2D eigenvalue weighted by Crippen LogP contribution is 2.15. The molecule has 0 aromatic rings. The molecule has 0 aliphatic heterocycles. The Morgan fingerprint density at radius 3 is 2.53 bits per heavy atom. The maximum absolute atomic E-state index is 9.83. The second kappa shape index (κ2) is 9.26. The molecule has 0 fully saturated rings. The molecule has 0 radical (unpaired) electrons. The van der Waals surface area contributed by atoms with Gasteiger partial charge in [-0.05, 0) is 58.6 Å². The van der Waals surface area contributed by atoms with E-state index < -0.39 is 11.8 Å². The number of nitrogens with one attached hydrogen (secondary N) is 1. The fourth-order valence-corrected chi connectivity index (χ4v) is 1.60. The van der Waals surface area contributed by atoms with Crippen LogP contribution in [0.25, 0.3) is 0 Å². The molecule has 0 spiro atoms. The topological polar surface area (TPSA) is 78.5 Å². The van der Waals surface area contributed by atoms with E-state index in [1.165, 1.54) is 0 Å². The fourth-order valence-electron chi connectivity index (χ4n) is 1.60. The fraction of sp³-hybridized carbons (Fsp3) is 0.733. The van der Waals surface area contributed by atoms with E-state index in [0.29, 0.717) is 19.4 Å². The first kappa shape index (κ1) is 18.3. The van der Waals surface area contributed by atoms with Crippen molar-refractivity contribution < 1.29 is 10.2 Å². The van der Waals surface area contributed by atoms with Crippen LogP contribution in [0.5, 0.6) is 0 Å². The van der Waals surface area contributed by atoms with Gasteiger partial charge >= 0.3 is 0 Å². The third kappa shape index (κ3) is 8.94. The summed E-state index contributed by atoms with van der Waals surface area (Å²) in [4.78, 5) is 0. The summed E-state index contributed by atoms with van der Waals surface area (Å²) in [5, 5.41) is 22.8. The molecule has 0 amide bonds. The number of rotatable bonds is 10. The molecule has 0 aliphatic carbocycles. The molecule has 0 bridgehead atoms. The standard InChI is InChI=1S/C15H30N2O2/c1-5-13(10-9-12(2)15(3,4)19)17-14(18)8-6-7-11-16/h5,9,13-14,17-19H,1,6-8,10-11,16H2,2-4H3/b12-9+. The highest BCUT2D eigenvalue weighted by atomic mass is 16.3. The first-order valence-electron chi connectivity index (χ1n) is 6.97. The maximum atomic E-state index is 9.83. The van der Waals surface area contributed by atoms with Crippen molar-refractivity contribution in [2.45, 2.75) is 64.3 Å². The molecule has 0 saturated carbocycles. The van der Waals surface area contributed by atoms with Crippen LogP contribution in [0.1, 0.15) is 46.5 Å². The van der Waals surface area contributed by atoms with E-state index in [1.807, 2.05) is 13.0 Å². The monoisotopic (exact) mass is 270 g/mol. The van der Waals surface area contributed by atoms with Gasteiger partial charge in [0.25, 0.3) is 0 Å². The molecule has 4 heteroatoms. The summed E-state index contributed by atoms with van der Waals surface area (Å²) in [7, 11) is 0. The third-order valence-electron chi connectivity index (χ3n) is 3.27. The van der Waals surface area contributed by atoms with Crippen LogP contribution in [-0.4, -0.2) is 34.6 Å². The van der Waals surface area contributed by atoms with E-state index in [1.54, 1.807) is 19.9 Å². The number of unbranched alkanes of at least 4 members (excludes halogenated alkanes) is 1. The Bertz CT molecular complexity index is 282. The molecule has 0 heterocycles. The van der Waals surface area contributed by atoms with Crippen LogP contribution < -0.4 is 11.1 Å². The predicted octanol–water partition coefficient (Wildman–Crippen LogP) is 1.69. The minimum Gasteiger partial charge on any atom is -0.386 e. The van der Waals surface area contributed by atoms with Gasteiger partial charge in [-0.2, -0.15) is 0 Å². The van der Waals surface area contributed by atoms with Crippen LogP contribution in [0.3, 0.4) is 0 Å². The van der Waals surface area contributed by atoms with Gasteiger partial charge in [0.05, 0.1) is 5.60 Å². The van der Waals surface area contributed by atoms with Gasteiger partial charge in [0.15, 0.2) is 0 Å². The number of nitrogens with two attached hydrogens (primary N) is 1. The Morgan fingerprint density at radius 1 is 1.42 bits per heavy atom. The SMILES string of the molecule is C=CC(C/C=C(\C)C(C)(C)O)NC(O)CCCCN. The van der Waals surface area contributed by atoms with Gasteiger partial charge < -0.3 is 15.9 Å². The summed E-state index contributed by atoms with van der Waals surface area (Å²) in [6, 6.07) is 0.00479. The average molecular weight is 270 g/mol. The highest BCUT2D eigenvalue weighted by Gasteiger charge is 2.15. The Hall–Kier alpha value is -0.680. The summed E-state index contributed by atoms with van der Waals surface area (Å²) >= 11 is 0. The van der Waals surface area contributed by atoms with Gasteiger partial charge in [-0.25, -0.2) is 0 Å². The summed E-state index contributed by atoms with van der Waals surface area (Å²) in [6.07, 6.45) is 6.45. The Morgan fingerprint density at radius 2 is 2.05 bits per heavy atom. The molecule has 5 N–H and O–H groups in total. The number of aliphatic hydroxyl groups is 2. The molecule has 19 heavy (non-hydrogen) atoms. The van der Waals surface area contributed by atoms with Crippen molar-refractivity contribution in [1.82, 2.24) is 5.32 Å². The van der Waals surface area contributed by atoms with Crippen molar-refractivity contribution in [3.8, 4) is 0 Å². The summed E-state index contributed by atoms with van der Waals surface area (Å²) in [5.74, 6) is 0. The second-order valence-corrected chi connectivity index (χ2v) is 5.49. The van der Waals surface area contributed by atoms with Gasteiger partial charge in [-0.15, -0.1) is 6.58 Å². The predicted molar refractivity (Wildman–Crippen MR) is 80.7 cm³/mol. The van der Waals surface area contributed by atoms with Gasteiger partial charge in [-0.1, -0.05) is 12.2 Å². The Labute approximate surface area is 117 Å². The number of hydrogen-bond acceptors (Lipinski definition) is 4. The quantitative estimate of drug-likeness (QED) is 0.277. The molecule has 112 valence electrons. The number of aliphatic hydroxyl groups excluding tert-OH is 1. The lowest BCUT2D eigenvalue weighted by Gasteiger charge is -2.21. The largest absolute Gasteiger partial charge is 0.386 e. The van der Waals surface area contributed by atoms with Crippen molar-refractivity contribution in [2.75, 3.05) is 6.54 Å². The Kier molecular flexibility index (Phi) is 8.93. The van der Waals surface area contributed by atoms with Gasteiger partial charge in [0, 0.05) is 6.04 Å². The van der Waals surface area contributed by atoms with Crippen LogP contribution in [0, 0.1) is 0 Å². The maximum Gasteiger partial charge on any atom is 0.105 e.